The van der Waals surface area contributed by atoms with Crippen molar-refractivity contribution in [2.75, 3.05) is 0 Å². The fourth-order valence-electron chi connectivity index (χ4n) is 0.105. The first-order valence-corrected chi connectivity index (χ1v) is 2.33. The van der Waals surface area contributed by atoms with E-state index in [9.17, 15) is 9.59 Å². The molecule has 0 aliphatic heterocycles. The minimum atomic E-state index is -1.44. The van der Waals surface area contributed by atoms with Crippen molar-refractivity contribution >= 4 is 24.3 Å². The van der Waals surface area contributed by atoms with Gasteiger partial charge in [-0.25, -0.2) is 35.3 Å². The lowest BCUT2D eigenvalue weighted by Crippen LogP contribution is -2.33. The number of nitrogens with two attached hydrogens (primary N) is 1. The van der Waals surface area contributed by atoms with Crippen molar-refractivity contribution in [1.29, 1.82) is 10.8 Å². The summed E-state index contributed by atoms with van der Waals surface area (Å²) in [6, 6.07) is -1.06. The van der Waals surface area contributed by atoms with Gasteiger partial charge in [-0.2, -0.15) is 0 Å². The van der Waals surface area contributed by atoms with Crippen LogP contribution in [0.15, 0.2) is 0 Å². The molecule has 0 saturated heterocycles. The van der Waals surface area contributed by atoms with Crippen molar-refractivity contribution in [3.05, 3.63) is 0 Å². The fourth-order valence-corrected chi connectivity index (χ4v) is 0.105. The zero-order valence-electron chi connectivity index (χ0n) is 6.16. The molecule has 0 radical (unpaired) electrons. The molecule has 0 fully saturated rings. The van der Waals surface area contributed by atoms with Gasteiger partial charge in [0.05, 0.1) is 0 Å². The van der Waals surface area contributed by atoms with Crippen LogP contribution in [0.25, 0.3) is 0 Å². The van der Waals surface area contributed by atoms with E-state index >= 15 is 0 Å². The van der Waals surface area contributed by atoms with E-state index in [-0.39, 0.29) is 0 Å². The predicted molar refractivity (Wildman–Crippen MR) is 37.6 cm³/mol. The zero-order chi connectivity index (χ0) is 11.3. The minimum Gasteiger partial charge on any atom is -0.465 e. The summed E-state index contributed by atoms with van der Waals surface area (Å²) in [7, 11) is 0. The van der Waals surface area contributed by atoms with E-state index < -0.39 is 12.1 Å². The van der Waals surface area contributed by atoms with E-state index in [1.165, 1.54) is 5.32 Å². The first-order valence-electron chi connectivity index (χ1n) is 2.33. The summed E-state index contributed by atoms with van der Waals surface area (Å²) in [6.07, 6.45) is 0.0625. The van der Waals surface area contributed by atoms with E-state index in [4.69, 9.17) is 25.5 Å². The third kappa shape index (κ3) is 238. The van der Waals surface area contributed by atoms with Crippen LogP contribution in [0.1, 0.15) is 0 Å². The molecule has 0 aliphatic rings. The summed E-state index contributed by atoms with van der Waals surface area (Å²) < 4.78 is 0. The van der Waals surface area contributed by atoms with Crippen LogP contribution in [0.5, 0.6) is 0 Å². The predicted octanol–water partition coefficient (Wildman–Crippen LogP) is -0.865. The van der Waals surface area contributed by atoms with E-state index in [0.29, 0.717) is 0 Å². The standard InChI is InChI=1S/C2H4N2O3.2CHNO/c3-1(5)4-2(6)7;2*2-1-3/h(H,6,7)(H3,3,4,5);2*2H. The Morgan fingerprint density at radius 2 is 1.46 bits per heavy atom. The summed E-state index contributed by atoms with van der Waals surface area (Å²) >= 11 is 0. The number of nitrogens with one attached hydrogen (secondary N) is 3. The first-order chi connectivity index (χ1) is 5.95. The summed E-state index contributed by atoms with van der Waals surface area (Å²) in [5.74, 6) is 0. The highest BCUT2D eigenvalue weighted by Gasteiger charge is 1.94. The van der Waals surface area contributed by atoms with E-state index in [1.54, 1.807) is 0 Å². The number of isocyanates is 2. The SMILES string of the molecule is N=C=O.N=C=O.NC(=O)NC(=O)O. The molecule has 0 saturated carbocycles. The number of urea groups is 1. The Balaban J connectivity index is -0.000000140. The molecule has 0 aromatic heterocycles. The smallest absolute Gasteiger partial charge is 0.412 e. The van der Waals surface area contributed by atoms with Gasteiger partial charge in [0.1, 0.15) is 0 Å². The fraction of sp³-hybridized carbons (Fsp3) is 0. The molecule has 0 unspecified atom stereocenters. The summed E-state index contributed by atoms with van der Waals surface area (Å²) in [5.41, 5.74) is 4.36. The number of hydrogen-bond acceptors (Lipinski definition) is 6. The number of hydrogen-bond donors (Lipinski definition) is 5. The molecule has 3 amide bonds. The van der Waals surface area contributed by atoms with Gasteiger partial charge < -0.3 is 10.8 Å². The number of amides is 3. The van der Waals surface area contributed by atoms with Gasteiger partial charge >= 0.3 is 12.1 Å². The number of carbonyl (C=O) groups excluding carboxylic acids is 3. The third-order valence-electron chi connectivity index (χ3n) is 0.230. The largest absolute Gasteiger partial charge is 0.465 e. The van der Waals surface area contributed by atoms with Gasteiger partial charge in [0.2, 0.25) is 12.2 Å². The second-order valence-corrected chi connectivity index (χ2v) is 0.999. The molecule has 0 aliphatic carbocycles. The number of rotatable bonds is 0. The second kappa shape index (κ2) is 16.2. The molecule has 0 heterocycles. The molecular weight excluding hydrogens is 184 g/mol. The van der Waals surface area contributed by atoms with Gasteiger partial charge in [0.15, 0.2) is 0 Å². The third-order valence-corrected chi connectivity index (χ3v) is 0.230. The van der Waals surface area contributed by atoms with Crippen LogP contribution in [-0.4, -0.2) is 29.4 Å². The van der Waals surface area contributed by atoms with Crippen molar-refractivity contribution in [1.82, 2.24) is 5.32 Å². The van der Waals surface area contributed by atoms with Crippen LogP contribution in [0.3, 0.4) is 0 Å². The Labute approximate surface area is 71.5 Å². The molecule has 9 nitrogen and oxygen atoms in total. The highest BCUT2D eigenvalue weighted by Crippen LogP contribution is 1.55. The average molecular weight is 190 g/mol. The number of carbonyl (C=O) groups is 2. The zero-order valence-corrected chi connectivity index (χ0v) is 6.16. The van der Waals surface area contributed by atoms with E-state index in [1.807, 2.05) is 0 Å². The van der Waals surface area contributed by atoms with Crippen molar-refractivity contribution in [3.63, 3.8) is 0 Å². The van der Waals surface area contributed by atoms with Crippen molar-refractivity contribution in [2.24, 2.45) is 5.73 Å². The molecule has 0 spiro atoms. The molecule has 0 rings (SSSR count). The minimum absolute atomic E-state index is 0.750. The first kappa shape index (κ1) is 16.8. The van der Waals surface area contributed by atoms with Crippen molar-refractivity contribution < 1.29 is 24.3 Å². The monoisotopic (exact) mass is 190 g/mol. The molecular formula is C4H6N4O5. The number of primary amides is 1. The van der Waals surface area contributed by atoms with E-state index in [2.05, 4.69) is 5.73 Å². The normalized spacial score (nSPS) is 5.23. The Hall–Kier alpha value is -2.50. The topological polar surface area (TPSA) is 174 Å². The molecule has 0 aromatic rings. The average Bonchev–Trinajstić information content (AvgIpc) is 1.86. The lowest BCUT2D eigenvalue weighted by molar-refractivity contribution is 0.193. The molecule has 9 heteroatoms. The van der Waals surface area contributed by atoms with Crippen LogP contribution in [0.4, 0.5) is 9.59 Å². The highest BCUT2D eigenvalue weighted by molar-refractivity contribution is 5.88. The van der Waals surface area contributed by atoms with Gasteiger partial charge in [-0.1, -0.05) is 0 Å². The van der Waals surface area contributed by atoms with Crippen LogP contribution in [0.2, 0.25) is 0 Å². The lowest BCUT2D eigenvalue weighted by Gasteiger charge is -1.86. The highest BCUT2D eigenvalue weighted by atomic mass is 16.4. The Bertz CT molecular complexity index is 201. The maximum Gasteiger partial charge on any atom is 0.412 e. The molecule has 0 atom stereocenters. The van der Waals surface area contributed by atoms with Crippen LogP contribution in [0, 0.1) is 10.8 Å². The van der Waals surface area contributed by atoms with Crippen molar-refractivity contribution in [2.45, 2.75) is 0 Å². The molecule has 6 N–H and O–H groups in total. The van der Waals surface area contributed by atoms with Crippen LogP contribution >= 0.6 is 0 Å². The maximum atomic E-state index is 9.54. The van der Waals surface area contributed by atoms with Gasteiger partial charge in [0, 0.05) is 0 Å². The second-order valence-electron chi connectivity index (χ2n) is 0.999. The summed E-state index contributed by atoms with van der Waals surface area (Å²) in [5, 5.41) is 19.8. The van der Waals surface area contributed by atoms with E-state index in [0.717, 1.165) is 12.2 Å². The Kier molecular flexibility index (Phi) is 21.1. The maximum absolute atomic E-state index is 9.54. The summed E-state index contributed by atoms with van der Waals surface area (Å²) in [6.45, 7) is 0. The van der Waals surface area contributed by atoms with Gasteiger partial charge in [-0.3, -0.25) is 0 Å². The molecule has 72 valence electrons. The number of carboxylic acid groups (broad SMARTS) is 1. The molecule has 0 aromatic carbocycles. The van der Waals surface area contributed by atoms with Gasteiger partial charge in [-0.15, -0.1) is 0 Å². The number of imide groups is 1. The molecule has 0 bridgehead atoms. The van der Waals surface area contributed by atoms with Gasteiger partial charge in [0.25, 0.3) is 0 Å². The lowest BCUT2D eigenvalue weighted by atomic mass is 11.0. The Morgan fingerprint density at radius 1 is 1.23 bits per heavy atom. The molecule has 13 heavy (non-hydrogen) atoms. The summed E-state index contributed by atoms with van der Waals surface area (Å²) in [4.78, 5) is 35.6. The van der Waals surface area contributed by atoms with Crippen LogP contribution in [-0.2, 0) is 9.59 Å². The quantitative estimate of drug-likeness (QED) is 0.246. The van der Waals surface area contributed by atoms with Crippen molar-refractivity contribution in [3.8, 4) is 0 Å². The van der Waals surface area contributed by atoms with Gasteiger partial charge in [-0.05, 0) is 0 Å². The Morgan fingerprint density at radius 3 is 1.46 bits per heavy atom. The van der Waals surface area contributed by atoms with Crippen LogP contribution < -0.4 is 11.1 Å².